The van der Waals surface area contributed by atoms with Crippen LogP contribution in [0.15, 0.2) is 28.9 Å². The number of hydrogen-bond donors (Lipinski definition) is 2. The zero-order chi connectivity index (χ0) is 19.1. The molecule has 2 aromatic heterocycles. The molecule has 1 saturated heterocycles. The lowest BCUT2D eigenvalue weighted by Crippen LogP contribution is -2.20. The first-order valence-electron chi connectivity index (χ1n) is 8.46. The van der Waals surface area contributed by atoms with Gasteiger partial charge in [0.15, 0.2) is 0 Å². The fourth-order valence-electron chi connectivity index (χ4n) is 3.22. The predicted octanol–water partition coefficient (Wildman–Crippen LogP) is 2.76. The number of carbonyl (C=O) groups is 2. The number of carboxylic acid groups (broad SMARTS) is 2. The Kier molecular flexibility index (Phi) is 6.91. The number of nitrogens with zero attached hydrogens (tertiary/aromatic N) is 2. The first-order chi connectivity index (χ1) is 12.4. The summed E-state index contributed by atoms with van der Waals surface area (Å²) < 4.78 is 5.75. The summed E-state index contributed by atoms with van der Waals surface area (Å²) in [6.45, 7) is 6.72. The zero-order valence-corrected chi connectivity index (χ0v) is 15.0. The summed E-state index contributed by atoms with van der Waals surface area (Å²) in [5.74, 6) is 1.64. The Morgan fingerprint density at radius 2 is 2.12 bits per heavy atom. The minimum absolute atomic E-state index is 0.250. The summed E-state index contributed by atoms with van der Waals surface area (Å²) in [4.78, 5) is 25.8. The number of rotatable bonds is 5. The summed E-state index contributed by atoms with van der Waals surface area (Å²) in [5.41, 5.74) is 2.47. The van der Waals surface area contributed by atoms with Crippen molar-refractivity contribution in [1.29, 1.82) is 0 Å². The average molecular weight is 360 g/mol. The van der Waals surface area contributed by atoms with Crippen LogP contribution < -0.4 is 0 Å². The van der Waals surface area contributed by atoms with Gasteiger partial charge in [0, 0.05) is 18.9 Å². The van der Waals surface area contributed by atoms with Crippen molar-refractivity contribution in [2.24, 2.45) is 5.92 Å². The molecule has 0 radical (unpaired) electrons. The lowest BCUT2D eigenvalue weighted by Gasteiger charge is -2.14. The van der Waals surface area contributed by atoms with Crippen LogP contribution in [0.5, 0.6) is 0 Å². The first-order valence-corrected chi connectivity index (χ1v) is 8.46. The molecule has 1 fully saturated rings. The molecule has 1 atom stereocenters. The fraction of sp³-hybridized carbons (Fsp3) is 0.421. The van der Waals surface area contributed by atoms with Gasteiger partial charge in [-0.15, -0.1) is 0 Å². The van der Waals surface area contributed by atoms with Crippen LogP contribution in [0.3, 0.4) is 0 Å². The van der Waals surface area contributed by atoms with E-state index >= 15 is 0 Å². The Hall–Kier alpha value is -2.67. The van der Waals surface area contributed by atoms with Gasteiger partial charge in [0.25, 0.3) is 6.47 Å². The van der Waals surface area contributed by atoms with E-state index in [2.05, 4.69) is 22.9 Å². The lowest BCUT2D eigenvalue weighted by molar-refractivity contribution is -0.122. The van der Waals surface area contributed by atoms with Gasteiger partial charge in [0.2, 0.25) is 0 Å². The quantitative estimate of drug-likeness (QED) is 0.790. The van der Waals surface area contributed by atoms with Gasteiger partial charge in [0.1, 0.15) is 11.5 Å². The van der Waals surface area contributed by atoms with Gasteiger partial charge >= 0.3 is 5.97 Å². The SMILES string of the molecule is Cc1cc(CN2CCC(Cc3cncc(C(=O)O)c3)C2)oc1C.O=CO. The van der Waals surface area contributed by atoms with Crippen LogP contribution in [-0.2, 0) is 17.8 Å². The molecule has 1 unspecified atom stereocenters. The van der Waals surface area contributed by atoms with Crippen LogP contribution in [0.1, 0.15) is 39.4 Å². The average Bonchev–Trinajstić information content (AvgIpc) is 3.15. The Labute approximate surface area is 152 Å². The molecule has 0 spiro atoms. The standard InChI is InChI=1S/C18H22N2O3.CH2O2/c1-12-5-17(23-13(12)2)11-20-4-3-14(10-20)6-15-7-16(18(21)22)9-19-8-15;2-1-3/h5,7-9,14H,3-4,6,10-11H2,1-2H3,(H,21,22);1H,(H,2,3). The second-order valence-corrected chi connectivity index (χ2v) is 6.54. The van der Waals surface area contributed by atoms with Crippen LogP contribution >= 0.6 is 0 Å². The minimum atomic E-state index is -0.920. The van der Waals surface area contributed by atoms with Crippen LogP contribution in [0, 0.1) is 19.8 Å². The molecule has 0 saturated carbocycles. The molecular formula is C19H24N2O5. The van der Waals surface area contributed by atoms with Crippen LogP contribution in [0.25, 0.3) is 0 Å². The van der Waals surface area contributed by atoms with Crippen LogP contribution in [0.2, 0.25) is 0 Å². The van der Waals surface area contributed by atoms with E-state index in [0.717, 1.165) is 49.6 Å². The third-order valence-corrected chi connectivity index (χ3v) is 4.53. The largest absolute Gasteiger partial charge is 0.483 e. The van der Waals surface area contributed by atoms with Crippen molar-refractivity contribution in [1.82, 2.24) is 9.88 Å². The first kappa shape index (κ1) is 19.7. The molecule has 0 aromatic carbocycles. The molecule has 7 heteroatoms. The van der Waals surface area contributed by atoms with Crippen molar-refractivity contribution in [3.63, 3.8) is 0 Å². The predicted molar refractivity (Wildman–Crippen MR) is 95.2 cm³/mol. The lowest BCUT2D eigenvalue weighted by atomic mass is 9.99. The smallest absolute Gasteiger partial charge is 0.337 e. The monoisotopic (exact) mass is 360 g/mol. The molecule has 1 aliphatic heterocycles. The number of hydrogen-bond acceptors (Lipinski definition) is 5. The van der Waals surface area contributed by atoms with Crippen molar-refractivity contribution in [3.8, 4) is 0 Å². The second-order valence-electron chi connectivity index (χ2n) is 6.54. The van der Waals surface area contributed by atoms with Gasteiger partial charge in [-0.25, -0.2) is 4.79 Å². The molecule has 1 aliphatic rings. The van der Waals surface area contributed by atoms with E-state index in [-0.39, 0.29) is 12.0 Å². The molecule has 140 valence electrons. The van der Waals surface area contributed by atoms with Crippen molar-refractivity contribution < 1.29 is 24.2 Å². The van der Waals surface area contributed by atoms with Gasteiger partial charge in [-0.3, -0.25) is 14.7 Å². The highest BCUT2D eigenvalue weighted by molar-refractivity contribution is 5.87. The number of likely N-dealkylation sites (tertiary alicyclic amines) is 1. The zero-order valence-electron chi connectivity index (χ0n) is 15.0. The maximum absolute atomic E-state index is 11.0. The van der Waals surface area contributed by atoms with Gasteiger partial charge in [0.05, 0.1) is 12.1 Å². The molecular weight excluding hydrogens is 336 g/mol. The van der Waals surface area contributed by atoms with Gasteiger partial charge in [-0.2, -0.15) is 0 Å². The Morgan fingerprint density at radius 3 is 2.73 bits per heavy atom. The third kappa shape index (κ3) is 5.42. The maximum atomic E-state index is 11.0. The van der Waals surface area contributed by atoms with Crippen LogP contribution in [0.4, 0.5) is 0 Å². The molecule has 7 nitrogen and oxygen atoms in total. The molecule has 26 heavy (non-hydrogen) atoms. The Balaban J connectivity index is 0.000000758. The Bertz CT molecular complexity index is 737. The van der Waals surface area contributed by atoms with E-state index in [1.54, 1.807) is 12.3 Å². The third-order valence-electron chi connectivity index (χ3n) is 4.53. The summed E-state index contributed by atoms with van der Waals surface area (Å²) in [6.07, 6.45) is 5.17. The summed E-state index contributed by atoms with van der Waals surface area (Å²) in [7, 11) is 0. The molecule has 2 aromatic rings. The second kappa shape index (κ2) is 9.15. The molecule has 0 bridgehead atoms. The van der Waals surface area contributed by atoms with E-state index in [0.29, 0.717) is 5.92 Å². The summed E-state index contributed by atoms with van der Waals surface area (Å²) in [6, 6.07) is 3.85. The number of aryl methyl sites for hydroxylation is 2. The van der Waals surface area contributed by atoms with E-state index in [9.17, 15) is 4.79 Å². The maximum Gasteiger partial charge on any atom is 0.337 e. The normalized spacial score (nSPS) is 16.8. The number of pyridine rings is 1. The van der Waals surface area contributed by atoms with Gasteiger partial charge in [-0.1, -0.05) is 0 Å². The molecule has 0 aliphatic carbocycles. The van der Waals surface area contributed by atoms with Crippen LogP contribution in [-0.4, -0.2) is 45.6 Å². The molecule has 3 heterocycles. The van der Waals surface area contributed by atoms with E-state index in [4.69, 9.17) is 19.4 Å². The summed E-state index contributed by atoms with van der Waals surface area (Å²) >= 11 is 0. The van der Waals surface area contributed by atoms with Crippen molar-refractivity contribution in [2.75, 3.05) is 13.1 Å². The molecule has 2 N–H and O–H groups in total. The number of aromatic nitrogens is 1. The van der Waals surface area contributed by atoms with E-state index < -0.39 is 5.97 Å². The molecule has 0 amide bonds. The van der Waals surface area contributed by atoms with E-state index in [1.807, 2.05) is 6.92 Å². The Morgan fingerprint density at radius 1 is 1.38 bits per heavy atom. The number of aromatic carboxylic acids is 1. The fourth-order valence-corrected chi connectivity index (χ4v) is 3.22. The number of carboxylic acids is 1. The van der Waals surface area contributed by atoms with Crippen molar-refractivity contribution in [3.05, 3.63) is 52.7 Å². The highest BCUT2D eigenvalue weighted by Gasteiger charge is 2.24. The molecule has 3 rings (SSSR count). The summed E-state index contributed by atoms with van der Waals surface area (Å²) in [5, 5.41) is 15.9. The van der Waals surface area contributed by atoms with Crippen molar-refractivity contribution in [2.45, 2.75) is 33.2 Å². The van der Waals surface area contributed by atoms with Gasteiger partial charge < -0.3 is 14.6 Å². The number of furan rings is 1. The topological polar surface area (TPSA) is 104 Å². The van der Waals surface area contributed by atoms with E-state index in [1.165, 1.54) is 11.8 Å². The minimum Gasteiger partial charge on any atom is -0.483 e. The highest BCUT2D eigenvalue weighted by Crippen LogP contribution is 2.24. The van der Waals surface area contributed by atoms with Gasteiger partial charge in [-0.05, 0) is 62.4 Å². The highest BCUT2D eigenvalue weighted by atomic mass is 16.4. The van der Waals surface area contributed by atoms with Crippen molar-refractivity contribution >= 4 is 12.4 Å².